The Kier molecular flexibility index (Phi) is 4.14. The Bertz CT molecular complexity index is 221. The SMILES string of the molecule is NC(N)=NOC(=O)CN1CCOCC1. The molecule has 1 saturated heterocycles. The van der Waals surface area contributed by atoms with Crippen molar-refractivity contribution in [1.29, 1.82) is 0 Å². The zero-order valence-electron chi connectivity index (χ0n) is 7.81. The predicted molar refractivity (Wildman–Crippen MR) is 49.2 cm³/mol. The smallest absolute Gasteiger partial charge is 0.349 e. The highest BCUT2D eigenvalue weighted by atomic mass is 16.7. The van der Waals surface area contributed by atoms with Crippen molar-refractivity contribution >= 4 is 11.9 Å². The largest absolute Gasteiger partial charge is 0.379 e. The van der Waals surface area contributed by atoms with Crippen LogP contribution in [0.2, 0.25) is 0 Å². The van der Waals surface area contributed by atoms with Gasteiger partial charge in [-0.3, -0.25) is 4.90 Å². The molecule has 0 atom stereocenters. The van der Waals surface area contributed by atoms with Crippen molar-refractivity contribution in [3.05, 3.63) is 0 Å². The van der Waals surface area contributed by atoms with Crippen molar-refractivity contribution in [2.75, 3.05) is 32.8 Å². The Morgan fingerprint density at radius 3 is 2.64 bits per heavy atom. The van der Waals surface area contributed by atoms with Gasteiger partial charge in [-0.25, -0.2) is 4.79 Å². The molecule has 1 fully saturated rings. The van der Waals surface area contributed by atoms with E-state index in [0.29, 0.717) is 13.2 Å². The van der Waals surface area contributed by atoms with Gasteiger partial charge in [-0.15, -0.1) is 0 Å². The number of hydrogen-bond acceptors (Lipinski definition) is 5. The Balaban J connectivity index is 2.22. The molecule has 80 valence electrons. The van der Waals surface area contributed by atoms with E-state index in [4.69, 9.17) is 16.2 Å². The van der Waals surface area contributed by atoms with Crippen molar-refractivity contribution in [3.8, 4) is 0 Å². The highest BCUT2D eigenvalue weighted by Gasteiger charge is 2.14. The molecule has 0 bridgehead atoms. The Labute approximate surface area is 81.6 Å². The standard InChI is InChI=1S/C7H14N4O3/c8-7(9)10-14-6(12)5-11-1-3-13-4-2-11/h1-5H2,(H4,8,9,10). The second-order valence-corrected chi connectivity index (χ2v) is 2.87. The summed E-state index contributed by atoms with van der Waals surface area (Å²) in [5.74, 6) is -0.736. The first-order chi connectivity index (χ1) is 6.68. The summed E-state index contributed by atoms with van der Waals surface area (Å²) in [6.07, 6.45) is 0. The van der Waals surface area contributed by atoms with Crippen molar-refractivity contribution in [3.63, 3.8) is 0 Å². The number of carbonyl (C=O) groups is 1. The van der Waals surface area contributed by atoms with Gasteiger partial charge in [-0.2, -0.15) is 0 Å². The van der Waals surface area contributed by atoms with Gasteiger partial charge in [-0.1, -0.05) is 0 Å². The molecule has 1 aliphatic rings. The first-order valence-corrected chi connectivity index (χ1v) is 4.27. The molecule has 14 heavy (non-hydrogen) atoms. The van der Waals surface area contributed by atoms with E-state index in [-0.39, 0.29) is 12.5 Å². The van der Waals surface area contributed by atoms with Crippen LogP contribution >= 0.6 is 0 Å². The number of carbonyl (C=O) groups excluding carboxylic acids is 1. The summed E-state index contributed by atoms with van der Waals surface area (Å²) in [7, 11) is 0. The minimum absolute atomic E-state index is 0.181. The van der Waals surface area contributed by atoms with Gasteiger partial charge in [0, 0.05) is 13.1 Å². The van der Waals surface area contributed by atoms with Crippen LogP contribution in [0.4, 0.5) is 0 Å². The second-order valence-electron chi connectivity index (χ2n) is 2.87. The fourth-order valence-electron chi connectivity index (χ4n) is 1.07. The molecule has 0 aliphatic carbocycles. The van der Waals surface area contributed by atoms with E-state index < -0.39 is 5.97 Å². The summed E-state index contributed by atoms with van der Waals surface area (Å²) in [4.78, 5) is 17.4. The number of nitrogens with zero attached hydrogens (tertiary/aromatic N) is 2. The quantitative estimate of drug-likeness (QED) is 0.238. The second kappa shape index (κ2) is 5.40. The number of ether oxygens (including phenoxy) is 1. The molecule has 7 nitrogen and oxygen atoms in total. The molecule has 0 amide bonds. The van der Waals surface area contributed by atoms with Gasteiger partial charge in [-0.05, 0) is 5.16 Å². The average Bonchev–Trinajstić information content (AvgIpc) is 2.16. The fourth-order valence-corrected chi connectivity index (χ4v) is 1.07. The van der Waals surface area contributed by atoms with E-state index >= 15 is 0 Å². The van der Waals surface area contributed by atoms with E-state index in [1.165, 1.54) is 0 Å². The van der Waals surface area contributed by atoms with Gasteiger partial charge < -0.3 is 21.0 Å². The molecule has 0 unspecified atom stereocenters. The van der Waals surface area contributed by atoms with Crippen molar-refractivity contribution in [2.24, 2.45) is 16.6 Å². The van der Waals surface area contributed by atoms with Crippen molar-refractivity contribution < 1.29 is 14.4 Å². The monoisotopic (exact) mass is 202 g/mol. The van der Waals surface area contributed by atoms with E-state index in [1.807, 2.05) is 4.90 Å². The number of hydrogen-bond donors (Lipinski definition) is 2. The lowest BCUT2D eigenvalue weighted by Crippen LogP contribution is -2.40. The number of morpholine rings is 1. The molecule has 0 spiro atoms. The Hall–Kier alpha value is -1.34. The van der Waals surface area contributed by atoms with Gasteiger partial charge in [0.25, 0.3) is 0 Å². The Morgan fingerprint density at radius 1 is 1.43 bits per heavy atom. The molecule has 0 aromatic heterocycles. The maximum atomic E-state index is 11.1. The molecule has 0 aromatic rings. The van der Waals surface area contributed by atoms with Crippen LogP contribution in [0.5, 0.6) is 0 Å². The van der Waals surface area contributed by atoms with Crippen molar-refractivity contribution in [2.45, 2.75) is 0 Å². The molecular formula is C7H14N4O3. The zero-order chi connectivity index (χ0) is 10.4. The number of guanidine groups is 1. The first-order valence-electron chi connectivity index (χ1n) is 4.27. The summed E-state index contributed by atoms with van der Waals surface area (Å²) >= 11 is 0. The lowest BCUT2D eigenvalue weighted by atomic mass is 10.4. The van der Waals surface area contributed by atoms with Crippen molar-refractivity contribution in [1.82, 2.24) is 4.90 Å². The minimum atomic E-state index is -0.472. The van der Waals surface area contributed by atoms with E-state index in [0.717, 1.165) is 13.1 Å². The van der Waals surface area contributed by atoms with Crippen LogP contribution in [0.3, 0.4) is 0 Å². The Morgan fingerprint density at radius 2 is 2.07 bits per heavy atom. The van der Waals surface area contributed by atoms with Gasteiger partial charge in [0.1, 0.15) is 0 Å². The maximum absolute atomic E-state index is 11.1. The van der Waals surface area contributed by atoms with E-state index in [9.17, 15) is 4.79 Å². The molecule has 7 heteroatoms. The van der Waals surface area contributed by atoms with Crippen LogP contribution in [-0.4, -0.2) is 49.7 Å². The molecule has 0 aromatic carbocycles. The molecule has 0 radical (unpaired) electrons. The minimum Gasteiger partial charge on any atom is -0.379 e. The van der Waals surface area contributed by atoms with Gasteiger partial charge >= 0.3 is 5.97 Å². The van der Waals surface area contributed by atoms with Crippen LogP contribution in [0.25, 0.3) is 0 Å². The molecule has 0 saturated carbocycles. The predicted octanol–water partition coefficient (Wildman–Crippen LogP) is -1.95. The van der Waals surface area contributed by atoms with E-state index in [2.05, 4.69) is 9.99 Å². The molecular weight excluding hydrogens is 188 g/mol. The summed E-state index contributed by atoms with van der Waals surface area (Å²) in [6.45, 7) is 2.89. The van der Waals surface area contributed by atoms with Crippen LogP contribution in [0.1, 0.15) is 0 Å². The molecule has 1 heterocycles. The highest BCUT2D eigenvalue weighted by Crippen LogP contribution is 1.96. The summed E-state index contributed by atoms with van der Waals surface area (Å²) < 4.78 is 5.12. The number of nitrogens with two attached hydrogens (primary N) is 2. The fraction of sp³-hybridized carbons (Fsp3) is 0.714. The van der Waals surface area contributed by atoms with Gasteiger partial charge in [0.2, 0.25) is 5.96 Å². The summed E-state index contributed by atoms with van der Waals surface area (Å²) in [5.41, 5.74) is 9.98. The third kappa shape index (κ3) is 4.06. The van der Waals surface area contributed by atoms with Crippen LogP contribution in [0.15, 0.2) is 5.16 Å². The van der Waals surface area contributed by atoms with E-state index in [1.54, 1.807) is 0 Å². The summed E-state index contributed by atoms with van der Waals surface area (Å²) in [6, 6.07) is 0. The number of rotatable bonds is 3. The summed E-state index contributed by atoms with van der Waals surface area (Å²) in [5, 5.41) is 3.15. The zero-order valence-corrected chi connectivity index (χ0v) is 7.81. The topological polar surface area (TPSA) is 103 Å². The average molecular weight is 202 g/mol. The van der Waals surface area contributed by atoms with Gasteiger partial charge in [0.15, 0.2) is 0 Å². The van der Waals surface area contributed by atoms with Crippen LogP contribution in [0, 0.1) is 0 Å². The van der Waals surface area contributed by atoms with Gasteiger partial charge in [0.05, 0.1) is 19.8 Å². The third-order valence-corrected chi connectivity index (χ3v) is 1.71. The lowest BCUT2D eigenvalue weighted by Gasteiger charge is -2.24. The number of oxime groups is 1. The first kappa shape index (κ1) is 10.7. The molecule has 1 rings (SSSR count). The lowest BCUT2D eigenvalue weighted by molar-refractivity contribution is -0.146. The molecule has 1 aliphatic heterocycles. The van der Waals surface area contributed by atoms with Crippen LogP contribution in [-0.2, 0) is 14.4 Å². The highest BCUT2D eigenvalue weighted by molar-refractivity contribution is 5.77. The molecule has 4 N–H and O–H groups in total. The third-order valence-electron chi connectivity index (χ3n) is 1.71. The van der Waals surface area contributed by atoms with Crippen LogP contribution < -0.4 is 11.5 Å². The maximum Gasteiger partial charge on any atom is 0.349 e. The normalized spacial score (nSPS) is 17.4.